The smallest absolute Gasteiger partial charge is 0.269 e. The number of aliphatic hydroxyl groups excluding tert-OH is 1. The van der Waals surface area contributed by atoms with Gasteiger partial charge in [-0.05, 0) is 21.9 Å². The Hall–Kier alpha value is -2.72. The summed E-state index contributed by atoms with van der Waals surface area (Å²) in [5.74, 6) is 0. The van der Waals surface area contributed by atoms with Crippen LogP contribution >= 0.6 is 0 Å². The van der Waals surface area contributed by atoms with Crippen molar-refractivity contribution in [3.05, 3.63) is 88.0 Å². The third-order valence-electron chi connectivity index (χ3n) is 3.51. The zero-order valence-electron chi connectivity index (χ0n) is 11.1. The van der Waals surface area contributed by atoms with Crippen LogP contribution in [0.25, 0.3) is 10.8 Å². The SMILES string of the molecule is O=[N+]([O-])c1cccc([C@@H](O)c2cccc3ccccc23)c1. The van der Waals surface area contributed by atoms with Gasteiger partial charge in [-0.2, -0.15) is 0 Å². The number of benzene rings is 3. The van der Waals surface area contributed by atoms with Gasteiger partial charge in [0, 0.05) is 12.1 Å². The largest absolute Gasteiger partial charge is 0.384 e. The fourth-order valence-corrected chi connectivity index (χ4v) is 2.48. The highest BCUT2D eigenvalue weighted by Crippen LogP contribution is 2.30. The van der Waals surface area contributed by atoms with E-state index in [1.54, 1.807) is 12.1 Å². The molecule has 0 aliphatic rings. The molecule has 0 heterocycles. The highest BCUT2D eigenvalue weighted by atomic mass is 16.6. The van der Waals surface area contributed by atoms with Crippen LogP contribution in [0.5, 0.6) is 0 Å². The Morgan fingerprint density at radius 2 is 1.67 bits per heavy atom. The molecule has 0 unspecified atom stereocenters. The van der Waals surface area contributed by atoms with Crippen molar-refractivity contribution in [2.75, 3.05) is 0 Å². The van der Waals surface area contributed by atoms with Gasteiger partial charge in [-0.3, -0.25) is 10.1 Å². The standard InChI is InChI=1S/C17H13NO3/c19-17(13-7-3-8-14(11-13)18(20)21)16-10-4-6-12-5-1-2-9-15(12)16/h1-11,17,19H/t17-/m1/s1. The van der Waals surface area contributed by atoms with Gasteiger partial charge in [-0.15, -0.1) is 0 Å². The Balaban J connectivity index is 2.10. The highest BCUT2D eigenvalue weighted by molar-refractivity contribution is 5.86. The first kappa shape index (κ1) is 13.3. The van der Waals surface area contributed by atoms with Gasteiger partial charge in [0.2, 0.25) is 0 Å². The van der Waals surface area contributed by atoms with E-state index >= 15 is 0 Å². The molecule has 0 bridgehead atoms. The zero-order valence-corrected chi connectivity index (χ0v) is 11.1. The molecule has 1 N–H and O–H groups in total. The topological polar surface area (TPSA) is 63.4 Å². The van der Waals surface area contributed by atoms with E-state index in [1.807, 2.05) is 42.5 Å². The van der Waals surface area contributed by atoms with Gasteiger partial charge in [0.1, 0.15) is 6.10 Å². The quantitative estimate of drug-likeness (QED) is 0.585. The highest BCUT2D eigenvalue weighted by Gasteiger charge is 2.16. The summed E-state index contributed by atoms with van der Waals surface area (Å²) in [6.45, 7) is 0. The monoisotopic (exact) mass is 279 g/mol. The second-order valence-corrected chi connectivity index (χ2v) is 4.82. The molecule has 0 aliphatic carbocycles. The molecule has 104 valence electrons. The number of nitro benzene ring substituents is 1. The molecule has 0 saturated carbocycles. The first-order chi connectivity index (χ1) is 10.2. The number of fused-ring (bicyclic) bond motifs is 1. The molecule has 0 amide bonds. The van der Waals surface area contributed by atoms with Crippen LogP contribution in [0.3, 0.4) is 0 Å². The van der Waals surface area contributed by atoms with E-state index in [9.17, 15) is 15.2 Å². The van der Waals surface area contributed by atoms with Gasteiger partial charge in [-0.1, -0.05) is 54.6 Å². The minimum atomic E-state index is -0.893. The molecule has 0 fully saturated rings. The summed E-state index contributed by atoms with van der Waals surface area (Å²) in [5.41, 5.74) is 1.24. The molecule has 0 aliphatic heterocycles. The van der Waals surface area contributed by atoms with Crippen molar-refractivity contribution in [3.8, 4) is 0 Å². The van der Waals surface area contributed by atoms with Gasteiger partial charge >= 0.3 is 0 Å². The van der Waals surface area contributed by atoms with Gasteiger partial charge in [0.15, 0.2) is 0 Å². The van der Waals surface area contributed by atoms with Crippen LogP contribution in [0.2, 0.25) is 0 Å². The van der Waals surface area contributed by atoms with Crippen LogP contribution < -0.4 is 0 Å². The van der Waals surface area contributed by atoms with Crippen molar-refractivity contribution in [1.82, 2.24) is 0 Å². The normalized spacial score (nSPS) is 12.2. The average Bonchev–Trinajstić information content (AvgIpc) is 2.53. The van der Waals surface area contributed by atoms with Gasteiger partial charge < -0.3 is 5.11 Å². The molecule has 3 aromatic carbocycles. The number of nitrogens with zero attached hydrogens (tertiary/aromatic N) is 1. The number of non-ortho nitro benzene ring substituents is 1. The van der Waals surface area contributed by atoms with Crippen molar-refractivity contribution < 1.29 is 10.0 Å². The number of nitro groups is 1. The van der Waals surface area contributed by atoms with E-state index in [1.165, 1.54) is 12.1 Å². The molecular weight excluding hydrogens is 266 g/mol. The summed E-state index contributed by atoms with van der Waals surface area (Å²) in [7, 11) is 0. The molecule has 0 spiro atoms. The Morgan fingerprint density at radius 3 is 2.48 bits per heavy atom. The molecule has 3 rings (SSSR count). The summed E-state index contributed by atoms with van der Waals surface area (Å²) < 4.78 is 0. The lowest BCUT2D eigenvalue weighted by Gasteiger charge is -2.14. The van der Waals surface area contributed by atoms with E-state index in [0.29, 0.717) is 5.56 Å². The lowest BCUT2D eigenvalue weighted by molar-refractivity contribution is -0.385. The Kier molecular flexibility index (Phi) is 3.38. The zero-order chi connectivity index (χ0) is 14.8. The van der Waals surface area contributed by atoms with Crippen molar-refractivity contribution in [1.29, 1.82) is 0 Å². The fraction of sp³-hybridized carbons (Fsp3) is 0.0588. The third-order valence-corrected chi connectivity index (χ3v) is 3.51. The lowest BCUT2D eigenvalue weighted by atomic mass is 9.96. The van der Waals surface area contributed by atoms with Crippen LogP contribution in [0, 0.1) is 10.1 Å². The molecule has 1 atom stereocenters. The molecular formula is C17H13NO3. The average molecular weight is 279 g/mol. The second-order valence-electron chi connectivity index (χ2n) is 4.82. The maximum absolute atomic E-state index is 10.8. The Morgan fingerprint density at radius 1 is 0.952 bits per heavy atom. The summed E-state index contributed by atoms with van der Waals surface area (Å²) in [4.78, 5) is 10.4. The molecule has 21 heavy (non-hydrogen) atoms. The third kappa shape index (κ3) is 2.49. The van der Waals surface area contributed by atoms with Gasteiger partial charge in [0.05, 0.1) is 4.92 Å². The molecule has 0 radical (unpaired) electrons. The molecule has 4 heteroatoms. The van der Waals surface area contributed by atoms with E-state index in [-0.39, 0.29) is 5.69 Å². The van der Waals surface area contributed by atoms with Crippen LogP contribution in [0.1, 0.15) is 17.2 Å². The Labute approximate surface area is 121 Å². The summed E-state index contributed by atoms with van der Waals surface area (Å²) in [5, 5.41) is 23.4. The Bertz CT molecular complexity index is 808. The minimum absolute atomic E-state index is 0.0215. The molecule has 0 aromatic heterocycles. The minimum Gasteiger partial charge on any atom is -0.384 e. The lowest BCUT2D eigenvalue weighted by Crippen LogP contribution is -2.01. The van der Waals surface area contributed by atoms with Crippen molar-refractivity contribution in [2.45, 2.75) is 6.10 Å². The van der Waals surface area contributed by atoms with Crippen LogP contribution in [-0.2, 0) is 0 Å². The number of aliphatic hydroxyl groups is 1. The first-order valence-corrected chi connectivity index (χ1v) is 6.57. The van der Waals surface area contributed by atoms with Gasteiger partial charge in [0.25, 0.3) is 5.69 Å². The first-order valence-electron chi connectivity index (χ1n) is 6.57. The number of hydrogen-bond donors (Lipinski definition) is 1. The fourth-order valence-electron chi connectivity index (χ4n) is 2.48. The number of hydrogen-bond acceptors (Lipinski definition) is 3. The summed E-state index contributed by atoms with van der Waals surface area (Å²) in [6, 6.07) is 19.5. The van der Waals surface area contributed by atoms with Crippen LogP contribution in [0.15, 0.2) is 66.7 Å². The molecule has 3 aromatic rings. The predicted octanol–water partition coefficient (Wildman–Crippen LogP) is 3.83. The summed E-state index contributed by atoms with van der Waals surface area (Å²) in [6.07, 6.45) is -0.893. The van der Waals surface area contributed by atoms with Crippen molar-refractivity contribution in [2.24, 2.45) is 0 Å². The van der Waals surface area contributed by atoms with Crippen molar-refractivity contribution >= 4 is 16.5 Å². The maximum atomic E-state index is 10.8. The van der Waals surface area contributed by atoms with Crippen LogP contribution in [-0.4, -0.2) is 10.0 Å². The van der Waals surface area contributed by atoms with E-state index in [4.69, 9.17) is 0 Å². The summed E-state index contributed by atoms with van der Waals surface area (Å²) >= 11 is 0. The van der Waals surface area contributed by atoms with E-state index in [2.05, 4.69) is 0 Å². The van der Waals surface area contributed by atoms with Crippen molar-refractivity contribution in [3.63, 3.8) is 0 Å². The maximum Gasteiger partial charge on any atom is 0.269 e. The van der Waals surface area contributed by atoms with Gasteiger partial charge in [-0.25, -0.2) is 0 Å². The van der Waals surface area contributed by atoms with Crippen LogP contribution in [0.4, 0.5) is 5.69 Å². The molecule has 4 nitrogen and oxygen atoms in total. The van der Waals surface area contributed by atoms with E-state index in [0.717, 1.165) is 16.3 Å². The predicted molar refractivity (Wildman–Crippen MR) is 81.1 cm³/mol. The van der Waals surface area contributed by atoms with E-state index < -0.39 is 11.0 Å². The second kappa shape index (κ2) is 5.34. The number of rotatable bonds is 3. The molecule has 0 saturated heterocycles.